The minimum Gasteiger partial charge on any atom is -0.370 e. The van der Waals surface area contributed by atoms with Crippen molar-refractivity contribution in [2.24, 2.45) is 5.73 Å². The molecular formula is C11H24N4. The third kappa shape index (κ3) is 4.51. The fourth-order valence-corrected chi connectivity index (χ4v) is 1.97. The first-order chi connectivity index (χ1) is 7.24. The number of hydrogen-bond donors (Lipinski definition) is 2. The van der Waals surface area contributed by atoms with Crippen molar-refractivity contribution in [3.63, 3.8) is 0 Å². The normalized spacial score (nSPS) is 18.1. The first-order valence-electron chi connectivity index (χ1n) is 6.05. The van der Waals surface area contributed by atoms with E-state index in [0.29, 0.717) is 0 Å². The number of piperazine rings is 1. The van der Waals surface area contributed by atoms with Crippen LogP contribution in [0.4, 0.5) is 0 Å². The Kier molecular flexibility index (Phi) is 5.47. The second-order valence-electron chi connectivity index (χ2n) is 4.27. The van der Waals surface area contributed by atoms with E-state index in [0.717, 1.165) is 26.2 Å². The van der Waals surface area contributed by atoms with Crippen LogP contribution in [-0.2, 0) is 0 Å². The Morgan fingerprint density at radius 3 is 2.33 bits per heavy atom. The van der Waals surface area contributed by atoms with Gasteiger partial charge in [0.15, 0.2) is 5.96 Å². The molecule has 0 saturated carbocycles. The minimum absolute atomic E-state index is 0.223. The van der Waals surface area contributed by atoms with Crippen molar-refractivity contribution in [1.82, 2.24) is 9.80 Å². The maximum absolute atomic E-state index is 7.33. The number of unbranched alkanes of at least 4 members (excludes halogenated alkanes) is 3. The van der Waals surface area contributed by atoms with Gasteiger partial charge in [0.25, 0.3) is 0 Å². The molecule has 15 heavy (non-hydrogen) atoms. The summed E-state index contributed by atoms with van der Waals surface area (Å²) in [5.74, 6) is 0.223. The summed E-state index contributed by atoms with van der Waals surface area (Å²) in [6.07, 6.45) is 5.32. The first kappa shape index (κ1) is 12.3. The van der Waals surface area contributed by atoms with Gasteiger partial charge in [0.1, 0.15) is 0 Å². The molecule has 0 radical (unpaired) electrons. The summed E-state index contributed by atoms with van der Waals surface area (Å²) in [6, 6.07) is 0. The van der Waals surface area contributed by atoms with Gasteiger partial charge in [-0.3, -0.25) is 10.3 Å². The standard InChI is InChI=1S/C11H24N4/c1-2-3-4-5-6-14-7-9-15(10-8-14)11(12)13/h2-10H2,1H3,(H3,12,13). The Labute approximate surface area is 92.9 Å². The molecule has 0 spiro atoms. The molecule has 3 N–H and O–H groups in total. The zero-order valence-electron chi connectivity index (χ0n) is 9.84. The monoisotopic (exact) mass is 212 g/mol. The van der Waals surface area contributed by atoms with Crippen molar-refractivity contribution in [3.8, 4) is 0 Å². The highest BCUT2D eigenvalue weighted by atomic mass is 15.3. The molecule has 1 aliphatic heterocycles. The van der Waals surface area contributed by atoms with E-state index in [9.17, 15) is 0 Å². The molecule has 0 aromatic heterocycles. The third-order valence-electron chi connectivity index (χ3n) is 3.04. The lowest BCUT2D eigenvalue weighted by Gasteiger charge is -2.34. The van der Waals surface area contributed by atoms with E-state index in [1.807, 2.05) is 4.90 Å². The maximum atomic E-state index is 7.33. The van der Waals surface area contributed by atoms with Crippen LogP contribution in [0.25, 0.3) is 0 Å². The van der Waals surface area contributed by atoms with Crippen LogP contribution in [0.15, 0.2) is 0 Å². The number of rotatable bonds is 5. The van der Waals surface area contributed by atoms with Crippen molar-refractivity contribution < 1.29 is 0 Å². The fraction of sp³-hybridized carbons (Fsp3) is 0.909. The lowest BCUT2D eigenvalue weighted by Crippen LogP contribution is -2.50. The molecule has 1 heterocycles. The molecule has 1 saturated heterocycles. The van der Waals surface area contributed by atoms with Gasteiger partial charge >= 0.3 is 0 Å². The molecular weight excluding hydrogens is 188 g/mol. The molecule has 0 bridgehead atoms. The van der Waals surface area contributed by atoms with Crippen molar-refractivity contribution in [2.45, 2.75) is 32.6 Å². The molecule has 0 aliphatic carbocycles. The van der Waals surface area contributed by atoms with Crippen molar-refractivity contribution in [3.05, 3.63) is 0 Å². The molecule has 0 aromatic rings. The Balaban J connectivity index is 2.07. The average Bonchev–Trinajstić information content (AvgIpc) is 2.25. The molecule has 4 heteroatoms. The molecule has 1 rings (SSSR count). The van der Waals surface area contributed by atoms with Crippen LogP contribution in [-0.4, -0.2) is 48.5 Å². The summed E-state index contributed by atoms with van der Waals surface area (Å²) in [6.45, 7) is 7.42. The van der Waals surface area contributed by atoms with Crippen molar-refractivity contribution >= 4 is 5.96 Å². The fourth-order valence-electron chi connectivity index (χ4n) is 1.97. The second-order valence-corrected chi connectivity index (χ2v) is 4.27. The summed E-state index contributed by atoms with van der Waals surface area (Å²) in [5, 5.41) is 7.33. The SMILES string of the molecule is CCCCCCN1CCN(C(=N)N)CC1. The first-order valence-corrected chi connectivity index (χ1v) is 6.05. The van der Waals surface area contributed by atoms with Gasteiger partial charge in [-0.2, -0.15) is 0 Å². The maximum Gasteiger partial charge on any atom is 0.188 e. The summed E-state index contributed by atoms with van der Waals surface area (Å²) >= 11 is 0. The predicted molar refractivity (Wildman–Crippen MR) is 64.1 cm³/mol. The minimum atomic E-state index is 0.223. The van der Waals surface area contributed by atoms with Crippen LogP contribution in [0.3, 0.4) is 0 Å². The third-order valence-corrected chi connectivity index (χ3v) is 3.04. The highest BCUT2D eigenvalue weighted by Gasteiger charge is 2.16. The van der Waals surface area contributed by atoms with Crippen LogP contribution >= 0.6 is 0 Å². The number of nitrogens with one attached hydrogen (secondary N) is 1. The topological polar surface area (TPSA) is 56.4 Å². The summed E-state index contributed by atoms with van der Waals surface area (Å²) in [5.41, 5.74) is 5.44. The van der Waals surface area contributed by atoms with Gasteiger partial charge in [-0.1, -0.05) is 26.2 Å². The van der Waals surface area contributed by atoms with Crippen molar-refractivity contribution in [2.75, 3.05) is 32.7 Å². The van der Waals surface area contributed by atoms with Gasteiger partial charge in [-0.25, -0.2) is 0 Å². The van der Waals surface area contributed by atoms with E-state index in [2.05, 4.69) is 11.8 Å². The van der Waals surface area contributed by atoms with E-state index in [4.69, 9.17) is 11.1 Å². The highest BCUT2D eigenvalue weighted by Crippen LogP contribution is 2.05. The largest absolute Gasteiger partial charge is 0.370 e. The van der Waals surface area contributed by atoms with Gasteiger partial charge in [-0.15, -0.1) is 0 Å². The molecule has 0 aromatic carbocycles. The molecule has 0 atom stereocenters. The lowest BCUT2D eigenvalue weighted by molar-refractivity contribution is 0.177. The van der Waals surface area contributed by atoms with E-state index in [-0.39, 0.29) is 5.96 Å². The predicted octanol–water partition coefficient (Wildman–Crippen LogP) is 1.08. The van der Waals surface area contributed by atoms with E-state index >= 15 is 0 Å². The summed E-state index contributed by atoms with van der Waals surface area (Å²) in [4.78, 5) is 4.43. The molecule has 0 unspecified atom stereocenters. The number of guanidine groups is 1. The van der Waals surface area contributed by atoms with Gasteiger partial charge in [-0.05, 0) is 13.0 Å². The summed E-state index contributed by atoms with van der Waals surface area (Å²) in [7, 11) is 0. The Hall–Kier alpha value is -0.770. The van der Waals surface area contributed by atoms with E-state index in [1.54, 1.807) is 0 Å². The molecule has 88 valence electrons. The molecule has 0 amide bonds. The Bertz CT molecular complexity index is 185. The number of nitrogens with two attached hydrogens (primary N) is 1. The quantitative estimate of drug-likeness (QED) is 0.407. The molecule has 1 fully saturated rings. The lowest BCUT2D eigenvalue weighted by atomic mass is 10.2. The van der Waals surface area contributed by atoms with Crippen LogP contribution in [0.5, 0.6) is 0 Å². The second kappa shape index (κ2) is 6.67. The van der Waals surface area contributed by atoms with Gasteiger partial charge in [0.05, 0.1) is 0 Å². The molecule has 4 nitrogen and oxygen atoms in total. The van der Waals surface area contributed by atoms with Crippen LogP contribution < -0.4 is 5.73 Å². The number of hydrogen-bond acceptors (Lipinski definition) is 2. The van der Waals surface area contributed by atoms with Gasteiger partial charge < -0.3 is 10.6 Å². The van der Waals surface area contributed by atoms with E-state index in [1.165, 1.54) is 32.2 Å². The molecule has 1 aliphatic rings. The van der Waals surface area contributed by atoms with Gasteiger partial charge in [0.2, 0.25) is 0 Å². The summed E-state index contributed by atoms with van der Waals surface area (Å²) < 4.78 is 0. The number of nitrogens with zero attached hydrogens (tertiary/aromatic N) is 2. The van der Waals surface area contributed by atoms with Crippen LogP contribution in [0, 0.1) is 5.41 Å². The highest BCUT2D eigenvalue weighted by molar-refractivity contribution is 5.74. The zero-order valence-corrected chi connectivity index (χ0v) is 9.84. The van der Waals surface area contributed by atoms with E-state index < -0.39 is 0 Å². The Morgan fingerprint density at radius 1 is 1.13 bits per heavy atom. The van der Waals surface area contributed by atoms with Crippen molar-refractivity contribution in [1.29, 1.82) is 5.41 Å². The van der Waals surface area contributed by atoms with Gasteiger partial charge in [0, 0.05) is 26.2 Å². The van der Waals surface area contributed by atoms with Crippen LogP contribution in [0.2, 0.25) is 0 Å². The zero-order chi connectivity index (χ0) is 11.1. The average molecular weight is 212 g/mol. The Morgan fingerprint density at radius 2 is 1.80 bits per heavy atom. The smallest absolute Gasteiger partial charge is 0.188 e. The van der Waals surface area contributed by atoms with Crippen LogP contribution in [0.1, 0.15) is 32.6 Å².